The lowest BCUT2D eigenvalue weighted by molar-refractivity contribution is -0.139. The van der Waals surface area contributed by atoms with E-state index in [4.69, 9.17) is 0 Å². The summed E-state index contributed by atoms with van der Waals surface area (Å²) in [6.45, 7) is 0. The van der Waals surface area contributed by atoms with Crippen molar-refractivity contribution in [1.29, 1.82) is 0 Å². The lowest BCUT2D eigenvalue weighted by Crippen LogP contribution is -2.18. The molecule has 0 amide bonds. The molecule has 10 heteroatoms. The van der Waals surface area contributed by atoms with Gasteiger partial charge < -0.3 is 0 Å². The van der Waals surface area contributed by atoms with E-state index in [0.717, 1.165) is 42.6 Å². The lowest BCUT2D eigenvalue weighted by Gasteiger charge is -2.21. The van der Waals surface area contributed by atoms with Crippen LogP contribution in [0.1, 0.15) is 45.2 Å². The topological polar surface area (TPSA) is 42.9 Å². The number of hydrogen-bond donors (Lipinski definition) is 0. The van der Waals surface area contributed by atoms with E-state index in [2.05, 4.69) is 25.9 Å². The zero-order valence-electron chi connectivity index (χ0n) is 15.5. The van der Waals surface area contributed by atoms with Crippen LogP contribution in [0.15, 0.2) is 65.4 Å². The number of halogens is 7. The van der Waals surface area contributed by atoms with Crippen LogP contribution in [0.5, 0.6) is 0 Å². The molecular weight excluding hydrogens is 490 g/mol. The summed E-state index contributed by atoms with van der Waals surface area (Å²) in [6, 6.07) is 8.53. The first-order valence-electron chi connectivity index (χ1n) is 8.81. The van der Waals surface area contributed by atoms with E-state index >= 15 is 0 Å². The number of aromatic nitrogens is 2. The summed E-state index contributed by atoms with van der Waals surface area (Å²) >= 11 is 3.17. The number of Topliss-reactive ketones (excluding diaryl/α,β-unsaturated/α-hetero) is 1. The summed E-state index contributed by atoms with van der Waals surface area (Å²) in [7, 11) is 0. The Kier molecular flexibility index (Phi) is 6.49. The second-order valence-electron chi connectivity index (χ2n) is 6.60. The monoisotopic (exact) mass is 502 g/mol. The van der Waals surface area contributed by atoms with Crippen LogP contribution in [-0.2, 0) is 12.4 Å². The Balaban J connectivity index is 2.07. The normalized spacial score (nSPS) is 13.1. The van der Waals surface area contributed by atoms with Gasteiger partial charge >= 0.3 is 12.4 Å². The van der Waals surface area contributed by atoms with Crippen molar-refractivity contribution in [3.05, 3.63) is 93.5 Å². The molecule has 0 aliphatic rings. The Labute approximate surface area is 181 Å². The lowest BCUT2D eigenvalue weighted by atomic mass is 9.86. The number of carbonyl (C=O) groups excluding carboxylic acids is 1. The minimum absolute atomic E-state index is 0.0181. The van der Waals surface area contributed by atoms with Gasteiger partial charge in [0.05, 0.1) is 16.8 Å². The van der Waals surface area contributed by atoms with Gasteiger partial charge in [-0.25, -0.2) is 0 Å². The van der Waals surface area contributed by atoms with E-state index in [0.29, 0.717) is 4.47 Å². The molecule has 162 valence electrons. The van der Waals surface area contributed by atoms with Gasteiger partial charge in [-0.15, -0.1) is 0 Å². The molecule has 3 rings (SSSR count). The second-order valence-corrected chi connectivity index (χ2v) is 7.51. The molecule has 0 saturated heterocycles. The van der Waals surface area contributed by atoms with E-state index < -0.39 is 47.3 Å². The molecule has 0 unspecified atom stereocenters. The van der Waals surface area contributed by atoms with Crippen molar-refractivity contribution in [2.75, 3.05) is 0 Å². The molecule has 31 heavy (non-hydrogen) atoms. The fourth-order valence-corrected chi connectivity index (χ4v) is 3.28. The number of hydrogen-bond acceptors (Lipinski definition) is 3. The van der Waals surface area contributed by atoms with E-state index in [-0.39, 0.29) is 11.3 Å². The summed E-state index contributed by atoms with van der Waals surface area (Å²) in [5, 5.41) is 0. The third-order valence-corrected chi connectivity index (χ3v) is 4.99. The predicted octanol–water partition coefficient (Wildman–Crippen LogP) is 6.68. The summed E-state index contributed by atoms with van der Waals surface area (Å²) in [5.74, 6) is -1.80. The van der Waals surface area contributed by atoms with Gasteiger partial charge in [0.2, 0.25) is 0 Å². The van der Waals surface area contributed by atoms with Gasteiger partial charge in [-0.1, -0.05) is 12.1 Å². The molecule has 1 atom stereocenters. The van der Waals surface area contributed by atoms with E-state index in [1.807, 2.05) is 0 Å². The zero-order valence-corrected chi connectivity index (χ0v) is 17.1. The highest BCUT2D eigenvalue weighted by Gasteiger charge is 2.37. The van der Waals surface area contributed by atoms with Gasteiger partial charge in [-0.3, -0.25) is 14.8 Å². The maximum atomic E-state index is 13.6. The van der Waals surface area contributed by atoms with Crippen LogP contribution in [-0.4, -0.2) is 15.8 Å². The maximum Gasteiger partial charge on any atom is 0.418 e. The first-order valence-corrected chi connectivity index (χ1v) is 9.60. The number of rotatable bonds is 5. The smallest absolute Gasteiger partial charge is 0.292 e. The number of carbonyl (C=O) groups is 1. The van der Waals surface area contributed by atoms with Crippen molar-refractivity contribution in [2.24, 2.45) is 0 Å². The van der Waals surface area contributed by atoms with Gasteiger partial charge in [0.15, 0.2) is 5.78 Å². The van der Waals surface area contributed by atoms with E-state index in [9.17, 15) is 31.1 Å². The van der Waals surface area contributed by atoms with E-state index in [1.165, 1.54) is 12.3 Å². The van der Waals surface area contributed by atoms with Crippen LogP contribution >= 0.6 is 15.9 Å². The molecule has 2 heterocycles. The molecule has 0 aliphatic heterocycles. The number of nitrogens with zero attached hydrogens (tertiary/aromatic N) is 2. The molecule has 0 radical (unpaired) electrons. The van der Waals surface area contributed by atoms with Crippen molar-refractivity contribution in [3.63, 3.8) is 0 Å². The maximum absolute atomic E-state index is 13.6. The molecule has 0 spiro atoms. The van der Waals surface area contributed by atoms with E-state index in [1.54, 1.807) is 6.07 Å². The average Bonchev–Trinajstić information content (AvgIpc) is 2.71. The third-order valence-electron chi connectivity index (χ3n) is 4.52. The third kappa shape index (κ3) is 5.49. The number of benzene rings is 1. The average molecular weight is 503 g/mol. The molecule has 3 nitrogen and oxygen atoms in total. The first-order chi connectivity index (χ1) is 14.5. The molecule has 1 aromatic carbocycles. The van der Waals surface area contributed by atoms with Crippen molar-refractivity contribution in [3.8, 4) is 0 Å². The van der Waals surface area contributed by atoms with Gasteiger partial charge in [-0.05, 0) is 57.9 Å². The Morgan fingerprint density at radius 2 is 1.58 bits per heavy atom. The molecule has 3 aromatic rings. The fraction of sp³-hybridized carbons (Fsp3) is 0.190. The quantitative estimate of drug-likeness (QED) is 0.288. The SMILES string of the molecule is O=C(C[C@@H](c1ccc(C(F)(F)F)cc1)c1ncccc1C(F)(F)F)c1ccc(Br)cn1. The molecule has 0 bridgehead atoms. The molecular formula is C21H13BrF6N2O. The van der Waals surface area contributed by atoms with Crippen LogP contribution < -0.4 is 0 Å². The van der Waals surface area contributed by atoms with Gasteiger partial charge in [-0.2, -0.15) is 26.3 Å². The fourth-order valence-electron chi connectivity index (χ4n) is 3.04. The highest BCUT2D eigenvalue weighted by Crippen LogP contribution is 2.39. The Bertz CT molecular complexity index is 1060. The molecule has 0 aliphatic carbocycles. The van der Waals surface area contributed by atoms with Crippen LogP contribution in [0.25, 0.3) is 0 Å². The van der Waals surface area contributed by atoms with Crippen LogP contribution in [0, 0.1) is 0 Å². The number of alkyl halides is 6. The van der Waals surface area contributed by atoms with Crippen LogP contribution in [0.2, 0.25) is 0 Å². The summed E-state index contributed by atoms with van der Waals surface area (Å²) in [4.78, 5) is 20.5. The minimum atomic E-state index is -4.76. The first kappa shape index (κ1) is 22.9. The van der Waals surface area contributed by atoms with Gasteiger partial charge in [0.25, 0.3) is 0 Å². The van der Waals surface area contributed by atoms with Gasteiger partial charge in [0, 0.05) is 29.2 Å². The van der Waals surface area contributed by atoms with Crippen molar-refractivity contribution >= 4 is 21.7 Å². The standard InChI is InChI=1S/C21H13BrF6N2O/c22-14-7-8-17(30-11-14)18(31)10-15(12-3-5-13(6-4-12)20(23,24)25)19-16(21(26,27)28)2-1-9-29-19/h1-9,11,15H,10H2/t15-/m0/s1. The van der Waals surface area contributed by atoms with Crippen molar-refractivity contribution in [2.45, 2.75) is 24.7 Å². The summed E-state index contributed by atoms with van der Waals surface area (Å²) in [5.41, 5.74) is -2.34. The number of pyridine rings is 2. The molecule has 0 fully saturated rings. The Morgan fingerprint density at radius 3 is 2.13 bits per heavy atom. The zero-order chi connectivity index (χ0) is 22.8. The van der Waals surface area contributed by atoms with Crippen LogP contribution in [0.4, 0.5) is 26.3 Å². The number of ketones is 1. The van der Waals surface area contributed by atoms with Gasteiger partial charge in [0.1, 0.15) is 5.69 Å². The molecule has 0 saturated carbocycles. The summed E-state index contributed by atoms with van der Waals surface area (Å²) < 4.78 is 80.0. The predicted molar refractivity (Wildman–Crippen MR) is 103 cm³/mol. The molecule has 0 N–H and O–H groups in total. The van der Waals surface area contributed by atoms with Crippen LogP contribution in [0.3, 0.4) is 0 Å². The highest BCUT2D eigenvalue weighted by molar-refractivity contribution is 9.10. The summed E-state index contributed by atoms with van der Waals surface area (Å²) in [6.07, 6.45) is -7.31. The highest BCUT2D eigenvalue weighted by atomic mass is 79.9. The Morgan fingerprint density at radius 1 is 0.903 bits per heavy atom. The van der Waals surface area contributed by atoms with Crippen molar-refractivity contribution in [1.82, 2.24) is 9.97 Å². The minimum Gasteiger partial charge on any atom is -0.292 e. The second kappa shape index (κ2) is 8.78. The Hall–Kier alpha value is -2.75. The molecule has 2 aromatic heterocycles. The van der Waals surface area contributed by atoms with Crippen molar-refractivity contribution < 1.29 is 31.1 Å². The largest absolute Gasteiger partial charge is 0.418 e.